The molecule has 0 radical (unpaired) electrons. The first kappa shape index (κ1) is 20.4. The number of nitrogens with zero attached hydrogens (tertiary/aromatic N) is 3. The van der Waals surface area contributed by atoms with Crippen molar-refractivity contribution in [2.24, 2.45) is 7.05 Å². The summed E-state index contributed by atoms with van der Waals surface area (Å²) in [6, 6.07) is 27.6. The van der Waals surface area contributed by atoms with Crippen molar-refractivity contribution in [2.45, 2.75) is 20.8 Å². The summed E-state index contributed by atoms with van der Waals surface area (Å²) in [4.78, 5) is 0. The van der Waals surface area contributed by atoms with Crippen molar-refractivity contribution in [3.8, 4) is 28.2 Å². The molecule has 0 fully saturated rings. The third kappa shape index (κ3) is 3.06. The van der Waals surface area contributed by atoms with Gasteiger partial charge in [-0.1, -0.05) is 60.7 Å². The third-order valence-corrected chi connectivity index (χ3v) is 6.69. The summed E-state index contributed by atoms with van der Waals surface area (Å²) in [7, 11) is 2.00. The summed E-state index contributed by atoms with van der Waals surface area (Å²) in [6.07, 6.45) is 1.91. The highest BCUT2D eigenvalue weighted by Gasteiger charge is 2.27. The molecule has 0 saturated carbocycles. The number of rotatable bonds is 3. The largest absolute Gasteiger partial charge is 0.455 e. The molecule has 0 amide bonds. The maximum Gasteiger partial charge on any atom is 0.276 e. The van der Waals surface area contributed by atoms with E-state index in [2.05, 4.69) is 97.2 Å². The van der Waals surface area contributed by atoms with Gasteiger partial charge in [-0.05, 0) is 66.8 Å². The fraction of sp³-hybridized carbons (Fsp3) is 0.133. The van der Waals surface area contributed by atoms with Gasteiger partial charge in [0.2, 0.25) is 0 Å². The standard InChI is InChI=1S/C30H26N3O/c1-19-14-15-25-24-12-8-9-13-26(24)34-29(25)27(19)30-32(4)31-18-33(30)28-20(2)16-23(17-21(28)3)22-10-6-5-7-11-22/h5-18H,1-4H3/q+1. The molecule has 6 aromatic rings. The van der Waals surface area contributed by atoms with Crippen LogP contribution in [0.4, 0.5) is 0 Å². The maximum atomic E-state index is 6.42. The molecule has 4 aromatic carbocycles. The lowest BCUT2D eigenvalue weighted by Gasteiger charge is -2.13. The van der Waals surface area contributed by atoms with E-state index >= 15 is 0 Å². The van der Waals surface area contributed by atoms with Gasteiger partial charge in [0.05, 0.1) is 12.6 Å². The molecule has 0 aliphatic heterocycles. The average molecular weight is 445 g/mol. The molecule has 2 heterocycles. The number of para-hydroxylation sites is 1. The van der Waals surface area contributed by atoms with Crippen LogP contribution in [-0.2, 0) is 7.05 Å². The molecule has 166 valence electrons. The van der Waals surface area contributed by atoms with Crippen LogP contribution in [0.5, 0.6) is 0 Å². The van der Waals surface area contributed by atoms with Gasteiger partial charge in [0.15, 0.2) is 0 Å². The van der Waals surface area contributed by atoms with E-state index < -0.39 is 0 Å². The van der Waals surface area contributed by atoms with Crippen LogP contribution >= 0.6 is 0 Å². The number of aryl methyl sites for hydroxylation is 4. The molecule has 0 atom stereocenters. The number of furan rings is 1. The molecule has 0 N–H and O–H groups in total. The lowest BCUT2D eigenvalue weighted by molar-refractivity contribution is -0.585. The minimum Gasteiger partial charge on any atom is -0.455 e. The predicted octanol–water partition coefficient (Wildman–Crippen LogP) is 6.86. The number of fused-ring (bicyclic) bond motifs is 3. The predicted molar refractivity (Wildman–Crippen MR) is 137 cm³/mol. The maximum absolute atomic E-state index is 6.42. The van der Waals surface area contributed by atoms with E-state index in [9.17, 15) is 0 Å². The van der Waals surface area contributed by atoms with Crippen molar-refractivity contribution < 1.29 is 8.98 Å². The Labute approximate surface area is 198 Å². The second-order valence-corrected chi connectivity index (χ2v) is 9.01. The molecule has 0 aliphatic rings. The van der Waals surface area contributed by atoms with Crippen molar-refractivity contribution in [1.82, 2.24) is 9.78 Å². The van der Waals surface area contributed by atoms with Crippen LogP contribution in [0.1, 0.15) is 16.7 Å². The molecule has 0 spiro atoms. The third-order valence-electron chi connectivity index (χ3n) is 6.69. The van der Waals surface area contributed by atoms with Crippen molar-refractivity contribution >= 4 is 21.9 Å². The lowest BCUT2D eigenvalue weighted by atomic mass is 9.98. The number of aromatic nitrogens is 3. The first-order chi connectivity index (χ1) is 16.5. The summed E-state index contributed by atoms with van der Waals surface area (Å²) in [5, 5.41) is 6.93. The molecule has 34 heavy (non-hydrogen) atoms. The summed E-state index contributed by atoms with van der Waals surface area (Å²) in [5.41, 5.74) is 10.0. The molecule has 6 rings (SSSR count). The lowest BCUT2D eigenvalue weighted by Crippen LogP contribution is -2.34. The number of hydrogen-bond donors (Lipinski definition) is 0. The van der Waals surface area contributed by atoms with Gasteiger partial charge in [0.1, 0.15) is 16.9 Å². The summed E-state index contributed by atoms with van der Waals surface area (Å²) >= 11 is 0. The van der Waals surface area contributed by atoms with Crippen LogP contribution in [-0.4, -0.2) is 9.78 Å². The van der Waals surface area contributed by atoms with Crippen molar-refractivity contribution in [1.29, 1.82) is 0 Å². The van der Waals surface area contributed by atoms with Gasteiger partial charge < -0.3 is 4.42 Å². The van der Waals surface area contributed by atoms with Gasteiger partial charge in [-0.15, -0.1) is 4.68 Å². The Morgan fingerprint density at radius 2 is 1.44 bits per heavy atom. The minimum absolute atomic E-state index is 0.898. The van der Waals surface area contributed by atoms with Crippen LogP contribution in [0.15, 0.2) is 89.6 Å². The van der Waals surface area contributed by atoms with Gasteiger partial charge in [-0.25, -0.2) is 0 Å². The van der Waals surface area contributed by atoms with Crippen molar-refractivity contribution in [3.05, 3.63) is 102 Å². The molecule has 0 bridgehead atoms. The van der Waals surface area contributed by atoms with E-state index in [0.717, 1.165) is 44.6 Å². The first-order valence-electron chi connectivity index (χ1n) is 11.5. The van der Waals surface area contributed by atoms with Crippen LogP contribution in [0.3, 0.4) is 0 Å². The minimum atomic E-state index is 0.898. The highest BCUT2D eigenvalue weighted by molar-refractivity contribution is 6.09. The average Bonchev–Trinajstić information content (AvgIpc) is 3.40. The molecule has 2 aromatic heterocycles. The van der Waals surface area contributed by atoms with E-state index in [1.165, 1.54) is 22.3 Å². The van der Waals surface area contributed by atoms with E-state index in [1.54, 1.807) is 0 Å². The quantitative estimate of drug-likeness (QED) is 0.280. The molecular formula is C30H26N3O+. The fourth-order valence-corrected chi connectivity index (χ4v) is 5.14. The Hall–Kier alpha value is -4.18. The Morgan fingerprint density at radius 3 is 2.21 bits per heavy atom. The zero-order valence-corrected chi connectivity index (χ0v) is 19.8. The van der Waals surface area contributed by atoms with Crippen LogP contribution in [0, 0.1) is 20.8 Å². The second-order valence-electron chi connectivity index (χ2n) is 9.01. The van der Waals surface area contributed by atoms with Crippen molar-refractivity contribution in [2.75, 3.05) is 0 Å². The van der Waals surface area contributed by atoms with E-state index in [-0.39, 0.29) is 0 Å². The Balaban J connectivity index is 1.61. The summed E-state index contributed by atoms with van der Waals surface area (Å²) in [5.74, 6) is 1.00. The normalized spacial score (nSPS) is 11.5. The van der Waals surface area contributed by atoms with Crippen LogP contribution in [0.2, 0.25) is 0 Å². The van der Waals surface area contributed by atoms with E-state index in [0.29, 0.717) is 0 Å². The Bertz CT molecular complexity index is 1670. The zero-order chi connectivity index (χ0) is 23.4. The summed E-state index contributed by atoms with van der Waals surface area (Å²) < 4.78 is 10.6. The van der Waals surface area contributed by atoms with E-state index in [1.807, 2.05) is 30.2 Å². The number of benzene rings is 4. The highest BCUT2D eigenvalue weighted by Crippen LogP contribution is 2.37. The van der Waals surface area contributed by atoms with Gasteiger partial charge in [0, 0.05) is 15.9 Å². The zero-order valence-electron chi connectivity index (χ0n) is 19.8. The Kier molecular flexibility index (Phi) is 4.63. The van der Waals surface area contributed by atoms with Crippen LogP contribution < -0.4 is 4.57 Å². The molecular weight excluding hydrogens is 418 g/mol. The van der Waals surface area contributed by atoms with Gasteiger partial charge in [-0.2, -0.15) is 4.57 Å². The molecule has 0 unspecified atom stereocenters. The van der Waals surface area contributed by atoms with Gasteiger partial charge >= 0.3 is 0 Å². The Morgan fingerprint density at radius 1 is 0.735 bits per heavy atom. The first-order valence-corrected chi connectivity index (χ1v) is 11.5. The smallest absolute Gasteiger partial charge is 0.276 e. The number of hydrogen-bond acceptors (Lipinski definition) is 2. The SMILES string of the molecule is Cc1cc(-c2ccccc2)cc(C)c1-[n+]1cnn(C)c1-c1c(C)ccc2c1oc1ccccc12. The molecule has 0 aliphatic carbocycles. The second kappa shape index (κ2) is 7.70. The fourth-order valence-electron chi connectivity index (χ4n) is 5.14. The van der Waals surface area contributed by atoms with Gasteiger partial charge in [0.25, 0.3) is 12.2 Å². The van der Waals surface area contributed by atoms with Gasteiger partial charge in [-0.3, -0.25) is 0 Å². The molecule has 4 heteroatoms. The highest BCUT2D eigenvalue weighted by atomic mass is 16.3. The molecule has 0 saturated heterocycles. The van der Waals surface area contributed by atoms with E-state index in [4.69, 9.17) is 4.42 Å². The summed E-state index contributed by atoms with van der Waals surface area (Å²) in [6.45, 7) is 6.48. The molecule has 4 nitrogen and oxygen atoms in total. The monoisotopic (exact) mass is 444 g/mol. The topological polar surface area (TPSA) is 34.8 Å². The van der Waals surface area contributed by atoms with Crippen molar-refractivity contribution in [3.63, 3.8) is 0 Å². The van der Waals surface area contributed by atoms with Crippen LogP contribution in [0.25, 0.3) is 50.1 Å².